The number of rotatable bonds is 5. The average molecular weight is 460 g/mol. The summed E-state index contributed by atoms with van der Waals surface area (Å²) < 4.78 is 39.3. The average Bonchev–Trinajstić information content (AvgIpc) is 3.15. The fraction of sp³-hybridized carbons (Fsp3) is 0.0952. The lowest BCUT2D eigenvalue weighted by molar-refractivity contribution is 0.358. The number of fused-ring (bicyclic) bond motifs is 1. The number of phenolic OH excluding ortho intramolecular Hbond substituents is 1. The van der Waals surface area contributed by atoms with E-state index in [0.29, 0.717) is 11.3 Å². The molecule has 0 saturated carbocycles. The summed E-state index contributed by atoms with van der Waals surface area (Å²) in [6.07, 6.45) is 0. The molecule has 3 aromatic carbocycles. The van der Waals surface area contributed by atoms with E-state index in [4.69, 9.17) is 26.8 Å². The maximum absolute atomic E-state index is 13.7. The number of nitrogens with zero attached hydrogens (tertiary/aromatic N) is 2. The third-order valence-corrected chi connectivity index (χ3v) is 6.97. The molecule has 0 unspecified atom stereocenters. The van der Waals surface area contributed by atoms with Gasteiger partial charge in [0, 0.05) is 5.56 Å². The van der Waals surface area contributed by atoms with Gasteiger partial charge in [0.2, 0.25) is 0 Å². The molecule has 0 bridgehead atoms. The predicted octanol–water partition coefficient (Wildman–Crippen LogP) is 3.90. The maximum Gasteiger partial charge on any atom is 0.271 e. The Labute approximate surface area is 183 Å². The molecule has 0 aliphatic rings. The number of hydrogen-bond acceptors (Lipinski definition) is 7. The molecule has 8 nitrogen and oxygen atoms in total. The summed E-state index contributed by atoms with van der Waals surface area (Å²) in [6.45, 7) is 0. The first kappa shape index (κ1) is 20.8. The number of imidazole rings is 1. The second kappa shape index (κ2) is 7.68. The normalized spacial score (nSPS) is 11.6. The van der Waals surface area contributed by atoms with E-state index in [-0.39, 0.29) is 44.0 Å². The van der Waals surface area contributed by atoms with Gasteiger partial charge in [0.1, 0.15) is 16.2 Å². The number of ether oxygens (including phenoxy) is 2. The Hall–Kier alpha value is -3.43. The summed E-state index contributed by atoms with van der Waals surface area (Å²) >= 11 is 6.22. The lowest BCUT2D eigenvalue weighted by Crippen LogP contribution is -2.15. The molecule has 0 fully saturated rings. The van der Waals surface area contributed by atoms with E-state index < -0.39 is 10.0 Å². The highest BCUT2D eigenvalue weighted by molar-refractivity contribution is 7.90. The van der Waals surface area contributed by atoms with Crippen molar-refractivity contribution in [2.45, 2.75) is 4.90 Å². The van der Waals surface area contributed by atoms with Crippen LogP contribution in [-0.2, 0) is 10.0 Å². The van der Waals surface area contributed by atoms with Crippen LogP contribution in [0.5, 0.6) is 17.2 Å². The van der Waals surface area contributed by atoms with Crippen LogP contribution in [0.4, 0.5) is 5.69 Å². The Kier molecular flexibility index (Phi) is 5.16. The minimum absolute atomic E-state index is 0.0704. The minimum Gasteiger partial charge on any atom is -0.506 e. The van der Waals surface area contributed by atoms with Crippen molar-refractivity contribution in [1.82, 2.24) is 8.96 Å². The van der Waals surface area contributed by atoms with Crippen molar-refractivity contribution >= 4 is 38.3 Å². The standard InChI is InChI=1S/C21H18ClN3O5S/c1-29-17-10-8-15-19(20(17)30-2)24-21(12-7-9-16(26)14(23)11-12)25(15)31(27,28)18-6-4-3-5-13(18)22/h3-11,26H,23H2,1-2H3. The molecule has 0 aliphatic carbocycles. The largest absolute Gasteiger partial charge is 0.506 e. The van der Waals surface area contributed by atoms with Crippen LogP contribution >= 0.6 is 11.6 Å². The Morgan fingerprint density at radius 2 is 1.81 bits per heavy atom. The van der Waals surface area contributed by atoms with Crippen molar-refractivity contribution < 1.29 is 23.0 Å². The Bertz CT molecular complexity index is 1420. The van der Waals surface area contributed by atoms with Gasteiger partial charge in [-0.2, -0.15) is 0 Å². The fourth-order valence-corrected chi connectivity index (χ4v) is 5.28. The molecule has 0 saturated heterocycles. The van der Waals surface area contributed by atoms with E-state index in [1.807, 2.05) is 0 Å². The van der Waals surface area contributed by atoms with E-state index in [0.717, 1.165) is 3.97 Å². The fourth-order valence-electron chi connectivity index (χ4n) is 3.31. The lowest BCUT2D eigenvalue weighted by atomic mass is 10.2. The molecule has 0 amide bonds. The van der Waals surface area contributed by atoms with E-state index in [1.165, 1.54) is 44.6 Å². The van der Waals surface area contributed by atoms with Crippen molar-refractivity contribution in [2.75, 3.05) is 20.0 Å². The van der Waals surface area contributed by atoms with E-state index in [9.17, 15) is 13.5 Å². The van der Waals surface area contributed by atoms with Gasteiger partial charge >= 0.3 is 0 Å². The highest BCUT2D eigenvalue weighted by atomic mass is 35.5. The Balaban J connectivity index is 2.14. The Morgan fingerprint density at radius 3 is 2.45 bits per heavy atom. The summed E-state index contributed by atoms with van der Waals surface area (Å²) in [5.74, 6) is 0.625. The van der Waals surface area contributed by atoms with Gasteiger partial charge in [0.15, 0.2) is 17.3 Å². The van der Waals surface area contributed by atoms with Crippen molar-refractivity contribution in [3.8, 4) is 28.6 Å². The number of hydrogen-bond donors (Lipinski definition) is 2. The topological polar surface area (TPSA) is 117 Å². The summed E-state index contributed by atoms with van der Waals surface area (Å²) in [5, 5.41) is 9.87. The molecular formula is C21H18ClN3O5S. The van der Waals surface area contributed by atoms with Crippen molar-refractivity contribution in [1.29, 1.82) is 0 Å². The van der Waals surface area contributed by atoms with Crippen molar-refractivity contribution in [3.63, 3.8) is 0 Å². The molecule has 4 rings (SSSR count). The molecule has 31 heavy (non-hydrogen) atoms. The van der Waals surface area contributed by atoms with Crippen LogP contribution in [0.15, 0.2) is 59.5 Å². The minimum atomic E-state index is -4.18. The number of aromatic hydroxyl groups is 1. The first-order valence-electron chi connectivity index (χ1n) is 9.02. The molecule has 10 heteroatoms. The number of phenols is 1. The number of nitrogen functional groups attached to an aromatic ring is 1. The first-order chi connectivity index (χ1) is 14.8. The molecule has 160 valence electrons. The first-order valence-corrected chi connectivity index (χ1v) is 10.8. The van der Waals surface area contributed by atoms with Gasteiger partial charge in [0.25, 0.3) is 10.0 Å². The molecule has 0 spiro atoms. The number of aromatic nitrogens is 2. The van der Waals surface area contributed by atoms with Crippen LogP contribution in [0.3, 0.4) is 0 Å². The van der Waals surface area contributed by atoms with Gasteiger partial charge in [-0.05, 0) is 42.5 Å². The van der Waals surface area contributed by atoms with E-state index in [2.05, 4.69) is 4.98 Å². The van der Waals surface area contributed by atoms with Crippen LogP contribution in [0.25, 0.3) is 22.4 Å². The van der Waals surface area contributed by atoms with Gasteiger partial charge in [-0.15, -0.1) is 0 Å². The summed E-state index contributed by atoms with van der Waals surface area (Å²) in [5.41, 5.74) is 6.84. The summed E-state index contributed by atoms with van der Waals surface area (Å²) in [7, 11) is -1.26. The predicted molar refractivity (Wildman–Crippen MR) is 118 cm³/mol. The third-order valence-electron chi connectivity index (χ3n) is 4.77. The molecule has 1 aromatic heterocycles. The van der Waals surface area contributed by atoms with Gasteiger partial charge in [-0.3, -0.25) is 0 Å². The molecule has 0 radical (unpaired) electrons. The quantitative estimate of drug-likeness (QED) is 0.343. The zero-order valence-corrected chi connectivity index (χ0v) is 18.1. The third kappa shape index (κ3) is 3.31. The molecule has 4 aromatic rings. The number of halogens is 1. The zero-order valence-electron chi connectivity index (χ0n) is 16.5. The summed E-state index contributed by atoms with van der Waals surface area (Å²) in [4.78, 5) is 4.47. The molecular weight excluding hydrogens is 442 g/mol. The second-order valence-corrected chi connectivity index (χ2v) is 8.74. The highest BCUT2D eigenvalue weighted by Gasteiger charge is 2.29. The van der Waals surface area contributed by atoms with Gasteiger partial charge in [0.05, 0.1) is 30.4 Å². The van der Waals surface area contributed by atoms with Gasteiger partial charge < -0.3 is 20.3 Å². The number of methoxy groups -OCH3 is 2. The highest BCUT2D eigenvalue weighted by Crippen LogP contribution is 2.40. The maximum atomic E-state index is 13.7. The van der Waals surface area contributed by atoms with Crippen molar-refractivity contribution in [3.05, 3.63) is 59.6 Å². The van der Waals surface area contributed by atoms with Crippen LogP contribution in [0.2, 0.25) is 5.02 Å². The molecule has 1 heterocycles. The lowest BCUT2D eigenvalue weighted by Gasteiger charge is -2.13. The van der Waals surface area contributed by atoms with Crippen LogP contribution in [0, 0.1) is 0 Å². The molecule has 0 aliphatic heterocycles. The zero-order chi connectivity index (χ0) is 22.3. The molecule has 0 atom stereocenters. The number of benzene rings is 3. The SMILES string of the molecule is COc1ccc2c(nc(-c3ccc(O)c(N)c3)n2S(=O)(=O)c2ccccc2Cl)c1OC. The smallest absolute Gasteiger partial charge is 0.271 e. The summed E-state index contributed by atoms with van der Waals surface area (Å²) in [6, 6.07) is 13.6. The molecule has 3 N–H and O–H groups in total. The van der Waals surface area contributed by atoms with Crippen molar-refractivity contribution in [2.24, 2.45) is 0 Å². The van der Waals surface area contributed by atoms with Crippen LogP contribution < -0.4 is 15.2 Å². The van der Waals surface area contributed by atoms with Gasteiger partial charge in [-0.1, -0.05) is 23.7 Å². The van der Waals surface area contributed by atoms with Crippen LogP contribution in [-0.4, -0.2) is 36.7 Å². The second-order valence-electron chi connectivity index (χ2n) is 6.58. The van der Waals surface area contributed by atoms with E-state index >= 15 is 0 Å². The van der Waals surface area contributed by atoms with E-state index in [1.54, 1.807) is 24.3 Å². The van der Waals surface area contributed by atoms with Gasteiger partial charge in [-0.25, -0.2) is 17.4 Å². The Morgan fingerprint density at radius 1 is 1.06 bits per heavy atom. The number of nitrogens with two attached hydrogens (primary N) is 1. The van der Waals surface area contributed by atoms with Crippen LogP contribution in [0.1, 0.15) is 0 Å². The monoisotopic (exact) mass is 459 g/mol. The number of anilines is 1.